The maximum atomic E-state index is 12.5. The molecule has 3 rings (SSSR count). The van der Waals surface area contributed by atoms with Crippen LogP contribution in [0.5, 0.6) is 0 Å². The van der Waals surface area contributed by atoms with Crippen LogP contribution in [0.4, 0.5) is 0 Å². The molecule has 1 aliphatic heterocycles. The Bertz CT molecular complexity index is 576. The second-order valence-electron chi connectivity index (χ2n) is 5.43. The number of thiophene rings is 1. The van der Waals surface area contributed by atoms with Crippen molar-refractivity contribution in [3.63, 3.8) is 0 Å². The summed E-state index contributed by atoms with van der Waals surface area (Å²) < 4.78 is 1.82. The van der Waals surface area contributed by atoms with E-state index in [1.54, 1.807) is 17.5 Å². The number of rotatable bonds is 4. The van der Waals surface area contributed by atoms with E-state index in [1.165, 1.54) is 5.56 Å². The molecule has 0 amide bonds. The van der Waals surface area contributed by atoms with Gasteiger partial charge in [0.05, 0.1) is 0 Å². The van der Waals surface area contributed by atoms with Gasteiger partial charge in [-0.1, -0.05) is 0 Å². The third kappa shape index (κ3) is 2.83. The van der Waals surface area contributed by atoms with Gasteiger partial charge in [-0.2, -0.15) is 11.3 Å². The summed E-state index contributed by atoms with van der Waals surface area (Å²) in [5, 5.41) is 4.29. The van der Waals surface area contributed by atoms with Gasteiger partial charge in [0.15, 0.2) is 5.82 Å². The highest BCUT2D eigenvalue weighted by molar-refractivity contribution is 7.07. The molecule has 20 heavy (non-hydrogen) atoms. The van der Waals surface area contributed by atoms with E-state index >= 15 is 0 Å². The van der Waals surface area contributed by atoms with Crippen LogP contribution < -0.4 is 0 Å². The van der Waals surface area contributed by atoms with E-state index in [1.807, 2.05) is 17.8 Å². The summed E-state index contributed by atoms with van der Waals surface area (Å²) in [5.74, 6) is 0.864. The first-order chi connectivity index (χ1) is 9.74. The Balaban J connectivity index is 1.66. The predicted molar refractivity (Wildman–Crippen MR) is 79.9 cm³/mol. The van der Waals surface area contributed by atoms with Gasteiger partial charge in [0.1, 0.15) is 0 Å². The minimum atomic E-state index is 0.0866. The van der Waals surface area contributed by atoms with E-state index in [-0.39, 0.29) is 11.7 Å². The molecule has 4 nitrogen and oxygen atoms in total. The number of likely N-dealkylation sites (tertiary alicyclic amines) is 1. The van der Waals surface area contributed by atoms with Crippen molar-refractivity contribution >= 4 is 17.1 Å². The van der Waals surface area contributed by atoms with E-state index in [4.69, 9.17) is 0 Å². The van der Waals surface area contributed by atoms with Crippen molar-refractivity contribution in [1.82, 2.24) is 14.5 Å². The summed E-state index contributed by atoms with van der Waals surface area (Å²) >= 11 is 1.73. The lowest BCUT2D eigenvalue weighted by Crippen LogP contribution is -2.38. The summed E-state index contributed by atoms with van der Waals surface area (Å²) in [7, 11) is 1.88. The fourth-order valence-electron chi connectivity index (χ4n) is 2.84. The lowest BCUT2D eigenvalue weighted by Gasteiger charge is -2.31. The summed E-state index contributed by atoms with van der Waals surface area (Å²) in [6, 6.07) is 2.16. The summed E-state index contributed by atoms with van der Waals surface area (Å²) in [6.45, 7) is 2.88. The average Bonchev–Trinajstić information content (AvgIpc) is 3.10. The van der Waals surface area contributed by atoms with Gasteiger partial charge >= 0.3 is 0 Å². The van der Waals surface area contributed by atoms with Crippen LogP contribution in [0, 0.1) is 5.92 Å². The summed E-state index contributed by atoms with van der Waals surface area (Å²) in [4.78, 5) is 19.1. The molecule has 0 spiro atoms. The first kappa shape index (κ1) is 13.5. The molecule has 0 aromatic carbocycles. The predicted octanol–water partition coefficient (Wildman–Crippen LogP) is 2.58. The minimum Gasteiger partial charge on any atom is -0.332 e. The van der Waals surface area contributed by atoms with Crippen LogP contribution in [0.25, 0.3) is 0 Å². The van der Waals surface area contributed by atoms with Crippen LogP contribution in [0.3, 0.4) is 0 Å². The summed E-state index contributed by atoms with van der Waals surface area (Å²) in [5.41, 5.74) is 1.35. The SMILES string of the molecule is Cn1ccnc1C(=O)[C@H]1CCCN(Cc2ccsc2)C1. The molecule has 5 heteroatoms. The molecule has 2 aromatic rings. The maximum Gasteiger partial charge on any atom is 0.202 e. The van der Waals surface area contributed by atoms with Crippen molar-refractivity contribution in [2.24, 2.45) is 13.0 Å². The molecule has 2 aromatic heterocycles. The van der Waals surface area contributed by atoms with E-state index in [9.17, 15) is 4.79 Å². The first-order valence-electron chi connectivity index (χ1n) is 6.99. The van der Waals surface area contributed by atoms with Gasteiger partial charge in [-0.25, -0.2) is 4.98 Å². The number of aryl methyl sites for hydroxylation is 1. The molecule has 1 aliphatic rings. The number of nitrogens with zero attached hydrogens (tertiary/aromatic N) is 3. The average molecular weight is 289 g/mol. The van der Waals surface area contributed by atoms with Crippen molar-refractivity contribution in [3.8, 4) is 0 Å². The highest BCUT2D eigenvalue weighted by Crippen LogP contribution is 2.22. The Hall–Kier alpha value is -1.46. The number of aromatic nitrogens is 2. The zero-order valence-corrected chi connectivity index (χ0v) is 12.5. The largest absolute Gasteiger partial charge is 0.332 e. The zero-order chi connectivity index (χ0) is 13.9. The normalized spacial score (nSPS) is 20.1. The van der Waals surface area contributed by atoms with Gasteiger partial charge < -0.3 is 4.57 Å². The van der Waals surface area contributed by atoms with E-state index in [2.05, 4.69) is 26.7 Å². The van der Waals surface area contributed by atoms with Crippen LogP contribution in [0.2, 0.25) is 0 Å². The molecule has 0 bridgehead atoms. The minimum absolute atomic E-state index is 0.0866. The quantitative estimate of drug-likeness (QED) is 0.812. The number of ketones is 1. The fraction of sp³-hybridized carbons (Fsp3) is 0.467. The van der Waals surface area contributed by atoms with Crippen molar-refractivity contribution in [1.29, 1.82) is 0 Å². The Kier molecular flexibility index (Phi) is 3.98. The lowest BCUT2D eigenvalue weighted by atomic mass is 9.93. The van der Waals surface area contributed by atoms with Crippen LogP contribution >= 0.6 is 11.3 Å². The number of hydrogen-bond acceptors (Lipinski definition) is 4. The molecular formula is C15H19N3OS. The van der Waals surface area contributed by atoms with Crippen molar-refractivity contribution in [3.05, 3.63) is 40.6 Å². The Morgan fingerprint density at radius 3 is 3.15 bits per heavy atom. The number of piperidine rings is 1. The number of carbonyl (C=O) groups is 1. The van der Waals surface area contributed by atoms with Crippen LogP contribution in [-0.4, -0.2) is 33.3 Å². The van der Waals surface area contributed by atoms with Gasteiger partial charge in [0.25, 0.3) is 0 Å². The Labute approximate surface area is 123 Å². The Morgan fingerprint density at radius 2 is 2.45 bits per heavy atom. The van der Waals surface area contributed by atoms with E-state index < -0.39 is 0 Å². The maximum absolute atomic E-state index is 12.5. The molecule has 0 radical (unpaired) electrons. The third-order valence-electron chi connectivity index (χ3n) is 3.90. The molecular weight excluding hydrogens is 270 g/mol. The number of hydrogen-bond donors (Lipinski definition) is 0. The molecule has 1 saturated heterocycles. The molecule has 106 valence electrons. The van der Waals surface area contributed by atoms with Crippen molar-refractivity contribution in [2.45, 2.75) is 19.4 Å². The zero-order valence-electron chi connectivity index (χ0n) is 11.7. The van der Waals surface area contributed by atoms with Gasteiger partial charge in [-0.3, -0.25) is 9.69 Å². The van der Waals surface area contributed by atoms with Crippen LogP contribution in [-0.2, 0) is 13.6 Å². The van der Waals surface area contributed by atoms with Crippen molar-refractivity contribution < 1.29 is 4.79 Å². The smallest absolute Gasteiger partial charge is 0.202 e. The van der Waals surface area contributed by atoms with Gasteiger partial charge in [-0.15, -0.1) is 0 Å². The molecule has 1 atom stereocenters. The van der Waals surface area contributed by atoms with E-state index in [0.717, 1.165) is 32.5 Å². The monoisotopic (exact) mass is 289 g/mol. The topological polar surface area (TPSA) is 38.1 Å². The summed E-state index contributed by atoms with van der Waals surface area (Å²) in [6.07, 6.45) is 5.59. The Morgan fingerprint density at radius 1 is 1.55 bits per heavy atom. The second kappa shape index (κ2) is 5.89. The van der Waals surface area contributed by atoms with Gasteiger partial charge in [0, 0.05) is 38.4 Å². The molecule has 0 aliphatic carbocycles. The number of carbonyl (C=O) groups excluding carboxylic acids is 1. The van der Waals surface area contributed by atoms with E-state index in [0.29, 0.717) is 5.82 Å². The second-order valence-corrected chi connectivity index (χ2v) is 6.21. The molecule has 0 unspecified atom stereocenters. The molecule has 0 saturated carbocycles. The standard InChI is InChI=1S/C15H19N3OS/c1-17-7-5-16-15(17)14(19)13-3-2-6-18(10-13)9-12-4-8-20-11-12/h4-5,7-8,11,13H,2-3,6,9-10H2,1H3/t13-/m0/s1. The first-order valence-corrected chi connectivity index (χ1v) is 7.93. The number of Topliss-reactive ketones (excluding diaryl/α,β-unsaturated/α-hetero) is 1. The molecule has 3 heterocycles. The van der Waals surface area contributed by atoms with Crippen LogP contribution in [0.15, 0.2) is 29.2 Å². The fourth-order valence-corrected chi connectivity index (χ4v) is 3.50. The van der Waals surface area contributed by atoms with Crippen LogP contribution in [0.1, 0.15) is 29.0 Å². The molecule has 0 N–H and O–H groups in total. The van der Waals surface area contributed by atoms with Gasteiger partial charge in [-0.05, 0) is 41.8 Å². The van der Waals surface area contributed by atoms with Gasteiger partial charge in [0.2, 0.25) is 5.78 Å². The highest BCUT2D eigenvalue weighted by atomic mass is 32.1. The van der Waals surface area contributed by atoms with Crippen molar-refractivity contribution in [2.75, 3.05) is 13.1 Å². The third-order valence-corrected chi connectivity index (χ3v) is 4.64. The lowest BCUT2D eigenvalue weighted by molar-refractivity contribution is 0.0798. The molecule has 1 fully saturated rings. The number of imidazole rings is 1. The highest BCUT2D eigenvalue weighted by Gasteiger charge is 2.28.